The quantitative estimate of drug-likeness (QED) is 0.0346. The van der Waals surface area contributed by atoms with Crippen LogP contribution in [0.15, 0.2) is 121 Å². The maximum absolute atomic E-state index is 11.7. The van der Waals surface area contributed by atoms with Gasteiger partial charge < -0.3 is 42.6 Å². The van der Waals surface area contributed by atoms with E-state index in [-0.39, 0.29) is 36.3 Å². The molecule has 0 aliphatic rings. The summed E-state index contributed by atoms with van der Waals surface area (Å²) in [6.07, 6.45) is -0.834. The summed E-state index contributed by atoms with van der Waals surface area (Å²) in [6.45, 7) is 22.1. The lowest BCUT2D eigenvalue weighted by Gasteiger charge is -2.27. The first-order valence-corrected chi connectivity index (χ1v) is 20.2. The van der Waals surface area contributed by atoms with E-state index in [1.54, 1.807) is 28.3 Å². The van der Waals surface area contributed by atoms with Gasteiger partial charge in [0.05, 0.1) is 13.2 Å². The minimum absolute atomic E-state index is 0.0850. The highest BCUT2D eigenvalue weighted by Crippen LogP contribution is 2.35. The third kappa shape index (κ3) is 14.3. The molecule has 0 fully saturated rings. The van der Waals surface area contributed by atoms with Gasteiger partial charge in [-0.3, -0.25) is 0 Å². The van der Waals surface area contributed by atoms with Crippen LogP contribution in [0.3, 0.4) is 0 Å². The van der Waals surface area contributed by atoms with E-state index < -0.39 is 12.1 Å². The summed E-state index contributed by atoms with van der Waals surface area (Å²) in [6, 6.07) is 32.5. The molecule has 4 aromatic rings. The Bertz CT molecular complexity index is 1920. The molecule has 0 radical (unpaired) electrons. The molecule has 0 spiro atoms. The van der Waals surface area contributed by atoms with Crippen LogP contribution in [-0.2, 0) is 39.3 Å². The lowest BCUT2D eigenvalue weighted by Crippen LogP contribution is -2.27. The van der Waals surface area contributed by atoms with Gasteiger partial charge >= 0.3 is 5.97 Å². The van der Waals surface area contributed by atoms with Crippen molar-refractivity contribution < 1.29 is 47.4 Å². The van der Waals surface area contributed by atoms with E-state index in [9.17, 15) is 4.79 Å². The summed E-state index contributed by atoms with van der Waals surface area (Å²) in [4.78, 5) is 11.7. The highest BCUT2D eigenvalue weighted by Gasteiger charge is 2.25. The number of methoxy groups -OCH3 is 3. The fraction of sp³-hybridized carbons (Fsp3) is 0.420. The molecular weight excluding hydrogens is 761 g/mol. The van der Waals surface area contributed by atoms with Gasteiger partial charge in [0.25, 0.3) is 0 Å². The minimum Gasteiger partial charge on any atom is -0.491 e. The molecule has 10 heteroatoms. The molecule has 0 aromatic heterocycles. The SMILES string of the molecule is C=C(C)COCC(COc1ccc(C(C)(C)c2ccc(OCC(COc3ccc(C(C)(C)c4ccc(OCC(COC(=O)C(=C)C)OC)cc4)cc3)OC)cc2)cc1)OC. The van der Waals surface area contributed by atoms with Gasteiger partial charge in [0.2, 0.25) is 0 Å². The van der Waals surface area contributed by atoms with Crippen molar-refractivity contribution in [1.29, 1.82) is 0 Å². The molecule has 0 bridgehead atoms. The van der Waals surface area contributed by atoms with Gasteiger partial charge in [-0.05, 0) is 84.6 Å². The second kappa shape index (κ2) is 23.0. The molecule has 3 atom stereocenters. The largest absolute Gasteiger partial charge is 0.491 e. The number of benzene rings is 4. The molecule has 60 heavy (non-hydrogen) atoms. The van der Waals surface area contributed by atoms with Crippen LogP contribution in [-0.4, -0.2) is 91.9 Å². The molecule has 4 aromatic carbocycles. The maximum Gasteiger partial charge on any atom is 0.333 e. The summed E-state index contributed by atoms with van der Waals surface area (Å²) in [5.74, 6) is 2.53. The number of carbonyl (C=O) groups is 1. The van der Waals surface area contributed by atoms with Crippen molar-refractivity contribution in [2.75, 3.05) is 67.6 Å². The van der Waals surface area contributed by atoms with Crippen LogP contribution in [0.2, 0.25) is 0 Å². The third-order valence-electron chi connectivity index (χ3n) is 10.4. The Labute approximate surface area is 357 Å². The van der Waals surface area contributed by atoms with Gasteiger partial charge in [-0.25, -0.2) is 4.79 Å². The maximum atomic E-state index is 11.7. The van der Waals surface area contributed by atoms with Crippen LogP contribution < -0.4 is 18.9 Å². The van der Waals surface area contributed by atoms with Gasteiger partial charge in [0.15, 0.2) is 0 Å². The Morgan fingerprint density at radius 2 is 0.767 bits per heavy atom. The number of ether oxygens (including phenoxy) is 9. The van der Waals surface area contributed by atoms with Crippen molar-refractivity contribution in [1.82, 2.24) is 0 Å². The zero-order valence-electron chi connectivity index (χ0n) is 36.9. The Morgan fingerprint density at radius 3 is 1.03 bits per heavy atom. The second-order valence-electron chi connectivity index (χ2n) is 16.0. The zero-order valence-corrected chi connectivity index (χ0v) is 36.9. The van der Waals surface area contributed by atoms with E-state index in [1.807, 2.05) is 55.5 Å². The molecule has 3 unspecified atom stereocenters. The summed E-state index contributed by atoms with van der Waals surface area (Å²) >= 11 is 0. The van der Waals surface area contributed by atoms with Crippen molar-refractivity contribution in [3.8, 4) is 23.0 Å². The van der Waals surface area contributed by atoms with Crippen molar-refractivity contribution >= 4 is 5.97 Å². The smallest absolute Gasteiger partial charge is 0.333 e. The predicted octanol–water partition coefficient (Wildman–Crippen LogP) is 9.31. The predicted molar refractivity (Wildman–Crippen MR) is 236 cm³/mol. The van der Waals surface area contributed by atoms with E-state index in [1.165, 1.54) is 5.56 Å². The van der Waals surface area contributed by atoms with E-state index >= 15 is 0 Å². The van der Waals surface area contributed by atoms with E-state index in [2.05, 4.69) is 89.4 Å². The molecule has 0 saturated heterocycles. The average Bonchev–Trinajstić information content (AvgIpc) is 3.25. The summed E-state index contributed by atoms with van der Waals surface area (Å²) in [7, 11) is 4.88. The Hall–Kier alpha value is -5.13. The second-order valence-corrected chi connectivity index (χ2v) is 16.0. The van der Waals surface area contributed by atoms with Crippen LogP contribution >= 0.6 is 0 Å². The van der Waals surface area contributed by atoms with Crippen molar-refractivity contribution in [2.24, 2.45) is 0 Å². The topological polar surface area (TPSA) is 100 Å². The lowest BCUT2D eigenvalue weighted by atomic mass is 9.78. The van der Waals surface area contributed by atoms with Crippen molar-refractivity contribution in [3.63, 3.8) is 0 Å². The molecule has 0 aliphatic heterocycles. The first-order chi connectivity index (χ1) is 28.7. The summed E-state index contributed by atoms with van der Waals surface area (Å²) < 4.78 is 51.6. The van der Waals surface area contributed by atoms with Gasteiger partial charge in [-0.15, -0.1) is 0 Å². The highest BCUT2D eigenvalue weighted by molar-refractivity contribution is 5.86. The molecule has 324 valence electrons. The minimum atomic E-state index is -0.451. The van der Waals surface area contributed by atoms with Crippen LogP contribution in [0.25, 0.3) is 0 Å². The molecule has 0 heterocycles. The van der Waals surface area contributed by atoms with Gasteiger partial charge in [-0.2, -0.15) is 0 Å². The number of esters is 1. The zero-order chi connectivity index (χ0) is 43.7. The molecule has 0 amide bonds. The van der Waals surface area contributed by atoms with Crippen LogP contribution in [0.4, 0.5) is 0 Å². The van der Waals surface area contributed by atoms with Crippen LogP contribution in [0.1, 0.15) is 63.8 Å². The average molecular weight is 825 g/mol. The standard InChI is InChI=1S/C50H64O10/c1-35(2)28-55-29-45(52-9)30-56-41-20-12-37(13-21-41)49(5,6)38-14-22-42(23-15-38)57-31-46(53-10)32-58-43-24-16-39(17-25-43)50(7,8)40-18-26-44(27-19-40)59-33-47(54-11)34-60-48(51)36(3)4/h12-27,45-47H,1,3,28-34H2,2,4-11H3. The number of hydrogen-bond donors (Lipinski definition) is 0. The van der Waals surface area contributed by atoms with Gasteiger partial charge in [0.1, 0.15) is 74.3 Å². The third-order valence-corrected chi connectivity index (χ3v) is 10.4. The van der Waals surface area contributed by atoms with Gasteiger partial charge in [0, 0.05) is 37.7 Å². The molecule has 0 N–H and O–H groups in total. The normalized spacial score (nSPS) is 13.2. The summed E-state index contributed by atoms with van der Waals surface area (Å²) in [5.41, 5.74) is 5.40. The fourth-order valence-corrected chi connectivity index (χ4v) is 6.17. The highest BCUT2D eigenvalue weighted by atomic mass is 16.6. The fourth-order valence-electron chi connectivity index (χ4n) is 6.17. The number of hydrogen-bond acceptors (Lipinski definition) is 10. The lowest BCUT2D eigenvalue weighted by molar-refractivity contribution is -0.143. The van der Waals surface area contributed by atoms with E-state index in [0.29, 0.717) is 44.4 Å². The van der Waals surface area contributed by atoms with Gasteiger partial charge in [-0.1, -0.05) is 95.0 Å². The van der Waals surface area contributed by atoms with E-state index in [0.717, 1.165) is 39.5 Å². The number of carbonyl (C=O) groups excluding carboxylic acids is 1. The Balaban J connectivity index is 1.23. The first-order valence-electron chi connectivity index (χ1n) is 20.2. The molecule has 10 nitrogen and oxygen atoms in total. The van der Waals surface area contributed by atoms with Crippen molar-refractivity contribution in [3.05, 3.63) is 144 Å². The molecule has 0 saturated carbocycles. The van der Waals surface area contributed by atoms with E-state index in [4.69, 9.17) is 42.6 Å². The first kappa shape index (κ1) is 47.5. The number of rotatable bonds is 26. The van der Waals surface area contributed by atoms with Crippen LogP contribution in [0.5, 0.6) is 23.0 Å². The monoisotopic (exact) mass is 824 g/mol. The Morgan fingerprint density at radius 1 is 0.483 bits per heavy atom. The van der Waals surface area contributed by atoms with Crippen LogP contribution in [0, 0.1) is 0 Å². The molecule has 4 rings (SSSR count). The Kier molecular flexibility index (Phi) is 18.2. The summed E-state index contributed by atoms with van der Waals surface area (Å²) in [5, 5.41) is 0. The van der Waals surface area contributed by atoms with Crippen molar-refractivity contribution in [2.45, 2.75) is 70.7 Å². The molecule has 0 aliphatic carbocycles. The molecular formula is C50H64O10.